The lowest BCUT2D eigenvalue weighted by Crippen LogP contribution is -2.52. The van der Waals surface area contributed by atoms with Crippen molar-refractivity contribution in [3.63, 3.8) is 0 Å². The molecule has 0 unspecified atom stereocenters. The Labute approximate surface area is 208 Å². The molecule has 1 aliphatic rings. The van der Waals surface area contributed by atoms with Crippen molar-refractivity contribution in [3.05, 3.63) is 54.6 Å². The van der Waals surface area contributed by atoms with E-state index in [9.17, 15) is 8.42 Å². The predicted molar refractivity (Wildman–Crippen MR) is 141 cm³/mol. The van der Waals surface area contributed by atoms with Crippen LogP contribution in [0, 0.1) is 0 Å². The summed E-state index contributed by atoms with van der Waals surface area (Å²) < 4.78 is 30.4. The first kappa shape index (κ1) is 26.2. The van der Waals surface area contributed by atoms with Crippen molar-refractivity contribution in [2.45, 2.75) is 18.2 Å². The largest absolute Gasteiger partial charge is 0.495 e. The summed E-state index contributed by atoms with van der Waals surface area (Å²) in [7, 11) is -1.56. The van der Waals surface area contributed by atoms with Crippen LogP contribution in [0.15, 0.2) is 64.5 Å². The average Bonchev–Trinajstić information content (AvgIpc) is 2.82. The molecule has 0 saturated carbocycles. The molecular formula is C23H33IN4O3S. The van der Waals surface area contributed by atoms with Crippen molar-refractivity contribution in [1.82, 2.24) is 10.2 Å². The second kappa shape index (κ2) is 12.9. The molecule has 1 heterocycles. The Morgan fingerprint density at radius 2 is 1.69 bits per heavy atom. The highest BCUT2D eigenvalue weighted by Gasteiger charge is 2.21. The fraction of sp³-hybridized carbons (Fsp3) is 0.435. The molecule has 0 atom stereocenters. The summed E-state index contributed by atoms with van der Waals surface area (Å²) in [6.45, 7) is 6.70. The molecule has 0 aliphatic carbocycles. The zero-order chi connectivity index (χ0) is 22.1. The number of aliphatic imine (C=N–C) groups is 1. The van der Waals surface area contributed by atoms with Crippen LogP contribution < -0.4 is 15.0 Å². The minimum absolute atomic E-state index is 0. The SMILES string of the molecule is CCNC(=NCCCS(=O)(=O)c1ccccc1)N1CCN(c2ccccc2OC)CC1.I. The van der Waals surface area contributed by atoms with E-state index in [1.54, 1.807) is 31.4 Å². The van der Waals surface area contributed by atoms with Crippen LogP contribution in [0.5, 0.6) is 5.75 Å². The number of nitrogens with zero attached hydrogens (tertiary/aromatic N) is 3. The number of rotatable bonds is 8. The van der Waals surface area contributed by atoms with Gasteiger partial charge < -0.3 is 19.9 Å². The van der Waals surface area contributed by atoms with Gasteiger partial charge in [-0.3, -0.25) is 4.99 Å². The van der Waals surface area contributed by atoms with Crippen LogP contribution >= 0.6 is 24.0 Å². The lowest BCUT2D eigenvalue weighted by Gasteiger charge is -2.38. The zero-order valence-corrected chi connectivity index (χ0v) is 21.9. The first-order valence-electron chi connectivity index (χ1n) is 10.7. The lowest BCUT2D eigenvalue weighted by molar-refractivity contribution is 0.367. The molecule has 1 saturated heterocycles. The molecule has 0 radical (unpaired) electrons. The number of sulfone groups is 1. The number of nitrogens with one attached hydrogen (secondary N) is 1. The zero-order valence-electron chi connectivity index (χ0n) is 18.7. The third-order valence-corrected chi connectivity index (χ3v) is 7.09. The van der Waals surface area contributed by atoms with Crippen LogP contribution in [0.25, 0.3) is 0 Å². The van der Waals surface area contributed by atoms with E-state index in [-0.39, 0.29) is 29.7 Å². The van der Waals surface area contributed by atoms with Crippen molar-refractivity contribution >= 4 is 45.5 Å². The Balaban J connectivity index is 0.00000363. The van der Waals surface area contributed by atoms with Crippen LogP contribution in [0.3, 0.4) is 0 Å². The number of hydrogen-bond donors (Lipinski definition) is 1. The molecule has 1 fully saturated rings. The third-order valence-electron chi connectivity index (χ3n) is 5.28. The molecule has 2 aromatic carbocycles. The van der Waals surface area contributed by atoms with E-state index < -0.39 is 9.84 Å². The highest BCUT2D eigenvalue weighted by molar-refractivity contribution is 14.0. The number of hydrogen-bond acceptors (Lipinski definition) is 5. The third kappa shape index (κ3) is 6.99. The highest BCUT2D eigenvalue weighted by Crippen LogP contribution is 2.28. The Kier molecular flexibility index (Phi) is 10.6. The van der Waals surface area contributed by atoms with E-state index >= 15 is 0 Å². The molecule has 1 N–H and O–H groups in total. The van der Waals surface area contributed by atoms with Gasteiger partial charge in [0.1, 0.15) is 5.75 Å². The van der Waals surface area contributed by atoms with Gasteiger partial charge in [0.25, 0.3) is 0 Å². The van der Waals surface area contributed by atoms with Crippen LogP contribution in [-0.2, 0) is 9.84 Å². The summed E-state index contributed by atoms with van der Waals surface area (Å²) in [5.41, 5.74) is 1.11. The molecule has 176 valence electrons. The van der Waals surface area contributed by atoms with Crippen LogP contribution in [0.2, 0.25) is 0 Å². The molecule has 7 nitrogen and oxygen atoms in total. The molecule has 32 heavy (non-hydrogen) atoms. The standard InChI is InChI=1S/C23H32N4O3S.HI/c1-3-24-23(25-14-9-19-31(28,29)20-10-5-4-6-11-20)27-17-15-26(16-18-27)21-12-7-8-13-22(21)30-2;/h4-8,10-13H,3,9,14-19H2,1-2H3,(H,24,25);1H. The summed E-state index contributed by atoms with van der Waals surface area (Å²) in [4.78, 5) is 9.62. The number of guanidine groups is 1. The molecule has 0 bridgehead atoms. The van der Waals surface area contributed by atoms with Gasteiger partial charge in [-0.2, -0.15) is 0 Å². The number of halogens is 1. The van der Waals surface area contributed by atoms with E-state index in [1.165, 1.54) is 0 Å². The molecule has 0 spiro atoms. The van der Waals surface area contributed by atoms with Gasteiger partial charge in [0.05, 0.1) is 23.4 Å². The minimum atomic E-state index is -3.26. The number of para-hydroxylation sites is 2. The van der Waals surface area contributed by atoms with E-state index in [4.69, 9.17) is 4.74 Å². The fourth-order valence-electron chi connectivity index (χ4n) is 3.66. The van der Waals surface area contributed by atoms with E-state index in [0.717, 1.165) is 50.1 Å². The maximum atomic E-state index is 12.4. The first-order valence-corrected chi connectivity index (χ1v) is 12.4. The van der Waals surface area contributed by atoms with Gasteiger partial charge in [-0.05, 0) is 37.6 Å². The predicted octanol–water partition coefficient (Wildman–Crippen LogP) is 3.26. The number of benzene rings is 2. The van der Waals surface area contributed by atoms with Crippen LogP contribution in [0.4, 0.5) is 5.69 Å². The van der Waals surface area contributed by atoms with Gasteiger partial charge in [0.2, 0.25) is 0 Å². The number of ether oxygens (including phenoxy) is 1. The highest BCUT2D eigenvalue weighted by atomic mass is 127. The van der Waals surface area contributed by atoms with Crippen molar-refractivity contribution in [2.24, 2.45) is 4.99 Å². The van der Waals surface area contributed by atoms with E-state index in [2.05, 4.69) is 26.2 Å². The molecular weight excluding hydrogens is 539 g/mol. The maximum absolute atomic E-state index is 12.4. The van der Waals surface area contributed by atoms with Gasteiger partial charge in [-0.25, -0.2) is 8.42 Å². The number of piperazine rings is 1. The molecule has 9 heteroatoms. The number of methoxy groups -OCH3 is 1. The van der Waals surface area contributed by atoms with E-state index in [1.807, 2.05) is 31.2 Å². The summed E-state index contributed by atoms with van der Waals surface area (Å²) in [5, 5.41) is 3.34. The minimum Gasteiger partial charge on any atom is -0.495 e. The number of anilines is 1. The Bertz CT molecular complexity index is 962. The normalized spacial score (nSPS) is 14.6. The Morgan fingerprint density at radius 1 is 1.03 bits per heavy atom. The second-order valence-corrected chi connectivity index (χ2v) is 9.48. The molecule has 2 aromatic rings. The van der Waals surface area contributed by atoms with Gasteiger partial charge in [0.15, 0.2) is 15.8 Å². The van der Waals surface area contributed by atoms with E-state index in [0.29, 0.717) is 17.9 Å². The van der Waals surface area contributed by atoms with Crippen molar-refractivity contribution in [1.29, 1.82) is 0 Å². The van der Waals surface area contributed by atoms with Crippen molar-refractivity contribution in [2.75, 3.05) is 57.0 Å². The molecule has 3 rings (SSSR count). The molecule has 0 amide bonds. The monoisotopic (exact) mass is 572 g/mol. The summed E-state index contributed by atoms with van der Waals surface area (Å²) in [6, 6.07) is 16.7. The first-order chi connectivity index (χ1) is 15.0. The second-order valence-electron chi connectivity index (χ2n) is 7.37. The summed E-state index contributed by atoms with van der Waals surface area (Å²) in [5.74, 6) is 1.83. The van der Waals surface area contributed by atoms with Crippen molar-refractivity contribution in [3.8, 4) is 5.75 Å². The van der Waals surface area contributed by atoms with Crippen molar-refractivity contribution < 1.29 is 13.2 Å². The van der Waals surface area contributed by atoms with Crippen LogP contribution in [-0.4, -0.2) is 71.4 Å². The fourth-order valence-corrected chi connectivity index (χ4v) is 4.98. The smallest absolute Gasteiger partial charge is 0.194 e. The van der Waals surface area contributed by atoms with Crippen LogP contribution in [0.1, 0.15) is 13.3 Å². The lowest BCUT2D eigenvalue weighted by atomic mass is 10.2. The molecule has 1 aliphatic heterocycles. The quantitative estimate of drug-likeness (QED) is 0.227. The maximum Gasteiger partial charge on any atom is 0.194 e. The summed E-state index contributed by atoms with van der Waals surface area (Å²) >= 11 is 0. The Hall–Kier alpha value is -2.01. The van der Waals surface area contributed by atoms with Gasteiger partial charge in [0, 0.05) is 39.3 Å². The topological polar surface area (TPSA) is 74.2 Å². The Morgan fingerprint density at radius 3 is 2.34 bits per heavy atom. The average molecular weight is 573 g/mol. The van der Waals surface area contributed by atoms with Gasteiger partial charge in [-0.1, -0.05) is 30.3 Å². The summed E-state index contributed by atoms with van der Waals surface area (Å²) in [6.07, 6.45) is 0.493. The molecule has 0 aromatic heterocycles. The van der Waals surface area contributed by atoms with Gasteiger partial charge in [-0.15, -0.1) is 24.0 Å². The van der Waals surface area contributed by atoms with Gasteiger partial charge >= 0.3 is 0 Å².